The molecule has 1 aliphatic carbocycles. The summed E-state index contributed by atoms with van der Waals surface area (Å²) in [4.78, 5) is 23.3. The molecule has 0 aromatic carbocycles. The first-order chi connectivity index (χ1) is 15.1. The van der Waals surface area contributed by atoms with Gasteiger partial charge in [0.25, 0.3) is 0 Å². The molecule has 1 saturated carbocycles. The maximum absolute atomic E-state index is 13.0. The Morgan fingerprint density at radius 2 is 2.06 bits per heavy atom. The Kier molecular flexibility index (Phi) is 5.74. The third-order valence-corrected chi connectivity index (χ3v) is 6.16. The van der Waals surface area contributed by atoms with Crippen molar-refractivity contribution in [2.75, 3.05) is 29.7 Å². The van der Waals surface area contributed by atoms with E-state index in [0.29, 0.717) is 36.0 Å². The molecule has 2 atom stereocenters. The number of carbonyl (C=O) groups excluding carboxylic acids is 1. The van der Waals surface area contributed by atoms with E-state index < -0.39 is 17.9 Å². The maximum atomic E-state index is 13.0. The quantitative estimate of drug-likeness (QED) is 0.694. The molecule has 174 valence electrons. The van der Waals surface area contributed by atoms with Gasteiger partial charge in [0.1, 0.15) is 17.4 Å². The van der Waals surface area contributed by atoms with E-state index in [2.05, 4.69) is 25.7 Å². The van der Waals surface area contributed by atoms with Crippen LogP contribution in [-0.4, -0.2) is 58.0 Å². The zero-order valence-corrected chi connectivity index (χ0v) is 18.3. The summed E-state index contributed by atoms with van der Waals surface area (Å²) in [5.74, 6) is 0.920. The Morgan fingerprint density at radius 1 is 1.34 bits per heavy atom. The molecule has 2 aliphatic rings. The molecule has 1 amide bonds. The van der Waals surface area contributed by atoms with Crippen LogP contribution in [0.25, 0.3) is 0 Å². The Bertz CT molecular complexity index is 1000. The van der Waals surface area contributed by atoms with Crippen molar-refractivity contribution in [3.05, 3.63) is 23.7 Å². The van der Waals surface area contributed by atoms with Gasteiger partial charge in [-0.1, -0.05) is 0 Å². The number of aryl methyl sites for hydroxylation is 1. The molecule has 4 rings (SSSR count). The molecule has 9 nitrogen and oxygen atoms in total. The molecule has 1 aliphatic heterocycles. The van der Waals surface area contributed by atoms with Crippen LogP contribution in [0, 0.1) is 12.8 Å². The second-order valence-corrected chi connectivity index (χ2v) is 8.39. The second-order valence-electron chi connectivity index (χ2n) is 8.39. The van der Waals surface area contributed by atoms with Gasteiger partial charge in [-0.2, -0.15) is 23.3 Å². The normalized spacial score (nSPS) is 23.9. The minimum atomic E-state index is -4.41. The number of aromatic nitrogens is 4. The van der Waals surface area contributed by atoms with Crippen LogP contribution >= 0.6 is 0 Å². The summed E-state index contributed by atoms with van der Waals surface area (Å²) in [7, 11) is 3.34. The van der Waals surface area contributed by atoms with Crippen molar-refractivity contribution in [1.82, 2.24) is 19.7 Å². The number of ether oxygens (including phenoxy) is 1. The van der Waals surface area contributed by atoms with Gasteiger partial charge in [-0.25, -0.2) is 4.98 Å². The van der Waals surface area contributed by atoms with Gasteiger partial charge >= 0.3 is 6.18 Å². The molecule has 0 bridgehead atoms. The maximum Gasteiger partial charge on any atom is 0.433 e. The lowest BCUT2D eigenvalue weighted by molar-refractivity contribution is -0.144. The third-order valence-electron chi connectivity index (χ3n) is 6.16. The Morgan fingerprint density at radius 3 is 2.72 bits per heavy atom. The van der Waals surface area contributed by atoms with Gasteiger partial charge in [-0.05, 0) is 38.7 Å². The van der Waals surface area contributed by atoms with Gasteiger partial charge in [0, 0.05) is 32.9 Å². The lowest BCUT2D eigenvalue weighted by Gasteiger charge is -2.38. The summed E-state index contributed by atoms with van der Waals surface area (Å²) < 4.78 is 45.4. The summed E-state index contributed by atoms with van der Waals surface area (Å²) >= 11 is 0. The molecule has 3 heterocycles. The molecule has 0 unspecified atom stereocenters. The standard InChI is InChI=1S/C20H26F3N7O2/c1-10-15-17(29(3)16(11(2)32-4)18(31)27-15)28-19(25-10)26-13-7-12(8-13)9-30-14(5-6-24-30)20(21,22)23/h5-6,11-13,16H,7-9H2,1-4H3,(H,27,31)(H,25,26,28)/t11-,12-,13+,16+/m1/s1. The first-order valence-corrected chi connectivity index (χ1v) is 10.4. The van der Waals surface area contributed by atoms with Gasteiger partial charge in [-0.15, -0.1) is 0 Å². The fraction of sp³-hybridized carbons (Fsp3) is 0.600. The minimum Gasteiger partial charge on any atom is -0.379 e. The van der Waals surface area contributed by atoms with Crippen LogP contribution in [0.1, 0.15) is 31.2 Å². The highest BCUT2D eigenvalue weighted by molar-refractivity contribution is 6.03. The number of rotatable bonds is 6. The van der Waals surface area contributed by atoms with E-state index in [1.54, 1.807) is 26.0 Å². The predicted molar refractivity (Wildman–Crippen MR) is 111 cm³/mol. The Hall–Kier alpha value is -2.89. The van der Waals surface area contributed by atoms with Crippen molar-refractivity contribution in [2.24, 2.45) is 5.92 Å². The average Bonchev–Trinajstić information content (AvgIpc) is 3.16. The minimum absolute atomic E-state index is 0.0551. The molecule has 2 aromatic rings. The van der Waals surface area contributed by atoms with Crippen LogP contribution in [0.5, 0.6) is 0 Å². The van der Waals surface area contributed by atoms with E-state index >= 15 is 0 Å². The van der Waals surface area contributed by atoms with Gasteiger partial charge in [0.2, 0.25) is 11.9 Å². The van der Waals surface area contributed by atoms with E-state index in [4.69, 9.17) is 4.74 Å². The van der Waals surface area contributed by atoms with E-state index in [1.165, 1.54) is 6.20 Å². The zero-order valence-electron chi connectivity index (χ0n) is 18.3. The van der Waals surface area contributed by atoms with E-state index in [0.717, 1.165) is 10.7 Å². The monoisotopic (exact) mass is 453 g/mol. The van der Waals surface area contributed by atoms with Gasteiger partial charge in [0.05, 0.1) is 11.8 Å². The van der Waals surface area contributed by atoms with Crippen LogP contribution in [0.3, 0.4) is 0 Å². The van der Waals surface area contributed by atoms with Crippen molar-refractivity contribution in [1.29, 1.82) is 0 Å². The van der Waals surface area contributed by atoms with Crippen LogP contribution in [0.15, 0.2) is 12.3 Å². The largest absolute Gasteiger partial charge is 0.433 e. The highest BCUT2D eigenvalue weighted by atomic mass is 19.4. The number of methoxy groups -OCH3 is 1. The van der Waals surface area contributed by atoms with Crippen molar-refractivity contribution in [3.8, 4) is 0 Å². The lowest BCUT2D eigenvalue weighted by atomic mass is 9.80. The highest BCUT2D eigenvalue weighted by Gasteiger charge is 2.39. The van der Waals surface area contributed by atoms with Crippen LogP contribution in [0.4, 0.5) is 30.6 Å². The van der Waals surface area contributed by atoms with Crippen molar-refractivity contribution in [2.45, 2.75) is 57.6 Å². The first-order valence-electron chi connectivity index (χ1n) is 10.4. The molecule has 2 N–H and O–H groups in total. The van der Waals surface area contributed by atoms with Crippen molar-refractivity contribution in [3.63, 3.8) is 0 Å². The fourth-order valence-corrected chi connectivity index (χ4v) is 4.33. The molecule has 2 aromatic heterocycles. The molecule has 1 fully saturated rings. The highest BCUT2D eigenvalue weighted by Crippen LogP contribution is 2.36. The molecule has 0 saturated heterocycles. The number of hydrogen-bond acceptors (Lipinski definition) is 7. The smallest absolute Gasteiger partial charge is 0.379 e. The Labute approximate surface area is 183 Å². The number of amides is 1. The SMILES string of the molecule is CO[C@H](C)[C@H]1C(=O)Nc2c(C)nc(N[C@H]3C[C@@H](Cn4nccc4C(F)(F)F)C3)nc2N1C. The number of anilines is 3. The molecule has 0 spiro atoms. The van der Waals surface area contributed by atoms with E-state index in [-0.39, 0.29) is 30.5 Å². The van der Waals surface area contributed by atoms with E-state index in [9.17, 15) is 18.0 Å². The molecule has 0 radical (unpaired) electrons. The fourth-order valence-electron chi connectivity index (χ4n) is 4.33. The Balaban J connectivity index is 1.42. The van der Waals surface area contributed by atoms with E-state index in [1.807, 2.05) is 6.92 Å². The summed E-state index contributed by atoms with van der Waals surface area (Å²) in [5.41, 5.74) is 0.461. The number of hydrogen-bond donors (Lipinski definition) is 2. The van der Waals surface area contributed by atoms with Crippen molar-refractivity contribution >= 4 is 23.4 Å². The number of nitrogens with zero attached hydrogens (tertiary/aromatic N) is 5. The molecule has 32 heavy (non-hydrogen) atoms. The number of halogens is 3. The molecular weight excluding hydrogens is 427 g/mol. The zero-order chi connectivity index (χ0) is 23.2. The topological polar surface area (TPSA) is 97.2 Å². The number of carbonyl (C=O) groups is 1. The summed E-state index contributed by atoms with van der Waals surface area (Å²) in [6.07, 6.45) is -2.20. The predicted octanol–water partition coefficient (Wildman–Crippen LogP) is 2.68. The number of likely N-dealkylation sites (N-methyl/N-ethyl adjacent to an activating group) is 1. The van der Waals surface area contributed by atoms with Crippen molar-refractivity contribution < 1.29 is 22.7 Å². The third kappa shape index (κ3) is 4.10. The van der Waals surface area contributed by atoms with Gasteiger partial charge in [-0.3, -0.25) is 9.48 Å². The van der Waals surface area contributed by atoms with Crippen LogP contribution in [0.2, 0.25) is 0 Å². The van der Waals surface area contributed by atoms with Gasteiger partial charge in [0.15, 0.2) is 5.82 Å². The molecule has 12 heteroatoms. The summed E-state index contributed by atoms with van der Waals surface area (Å²) in [6, 6.07) is 0.518. The first kappa shape index (κ1) is 22.3. The van der Waals surface area contributed by atoms with Gasteiger partial charge < -0.3 is 20.3 Å². The number of fused-ring (bicyclic) bond motifs is 1. The van der Waals surface area contributed by atoms with Crippen LogP contribution < -0.4 is 15.5 Å². The number of alkyl halides is 3. The molecular formula is C20H26F3N7O2. The lowest BCUT2D eigenvalue weighted by Crippen LogP contribution is -2.53. The second kappa shape index (κ2) is 8.23. The summed E-state index contributed by atoms with van der Waals surface area (Å²) in [5, 5.41) is 9.95. The summed E-state index contributed by atoms with van der Waals surface area (Å²) in [6.45, 7) is 3.83. The average molecular weight is 453 g/mol. The number of nitrogens with one attached hydrogen (secondary N) is 2. The van der Waals surface area contributed by atoms with Crippen LogP contribution in [-0.2, 0) is 22.3 Å².